The first-order chi connectivity index (χ1) is 11.8. The van der Waals surface area contributed by atoms with Crippen molar-refractivity contribution in [2.75, 3.05) is 60.1 Å². The van der Waals surface area contributed by atoms with E-state index in [4.69, 9.17) is 9.47 Å². The van der Waals surface area contributed by atoms with Crippen molar-refractivity contribution in [3.63, 3.8) is 0 Å². The predicted octanol–water partition coefficient (Wildman–Crippen LogP) is 1.86. The first-order valence-electron chi connectivity index (χ1n) is 9.57. The van der Waals surface area contributed by atoms with Gasteiger partial charge in [-0.1, -0.05) is 25.7 Å². The second-order valence-corrected chi connectivity index (χ2v) is 6.47. The van der Waals surface area contributed by atoms with E-state index >= 15 is 0 Å². The highest BCUT2D eigenvalue weighted by Crippen LogP contribution is 2.19. The van der Waals surface area contributed by atoms with Crippen LogP contribution in [0.3, 0.4) is 0 Å². The molecule has 1 fully saturated rings. The molecule has 6 heteroatoms. The Morgan fingerprint density at radius 1 is 1.08 bits per heavy atom. The maximum atomic E-state index is 6.01. The van der Waals surface area contributed by atoms with Gasteiger partial charge in [0.25, 0.3) is 0 Å². The topological polar surface area (TPSA) is 58.1 Å². The number of guanidine groups is 1. The van der Waals surface area contributed by atoms with Gasteiger partial charge in [-0.25, -0.2) is 0 Å². The number of hydrogen-bond acceptors (Lipinski definition) is 4. The molecule has 0 saturated heterocycles. The minimum atomic E-state index is 0.461. The van der Waals surface area contributed by atoms with Crippen LogP contribution in [0.25, 0.3) is 0 Å². The summed E-state index contributed by atoms with van der Waals surface area (Å²) in [6, 6.07) is 0. The minimum Gasteiger partial charge on any atom is -0.383 e. The summed E-state index contributed by atoms with van der Waals surface area (Å²) >= 11 is 0. The third kappa shape index (κ3) is 10.8. The number of ether oxygens (including phenoxy) is 2. The fourth-order valence-corrected chi connectivity index (χ4v) is 2.84. The molecule has 0 aliphatic heterocycles. The standard InChI is InChI=1S/C18H38N4O2/c1-4-19-18(20-11-13-22(2)14-16-23-3)21-12-15-24-17-9-7-5-6-8-10-17/h17H,4-16H2,1-3H3,(H2,19,20,21). The lowest BCUT2D eigenvalue weighted by atomic mass is 10.1. The molecule has 1 aliphatic rings. The Kier molecular flexibility index (Phi) is 12.8. The molecule has 0 amide bonds. The molecule has 24 heavy (non-hydrogen) atoms. The van der Waals surface area contributed by atoms with E-state index in [0.29, 0.717) is 6.10 Å². The molecule has 0 bridgehead atoms. The minimum absolute atomic E-state index is 0.461. The summed E-state index contributed by atoms with van der Waals surface area (Å²) in [6.07, 6.45) is 8.28. The molecule has 0 atom stereocenters. The summed E-state index contributed by atoms with van der Waals surface area (Å²) in [5.41, 5.74) is 0. The predicted molar refractivity (Wildman–Crippen MR) is 101 cm³/mol. The van der Waals surface area contributed by atoms with Gasteiger partial charge in [-0.15, -0.1) is 0 Å². The van der Waals surface area contributed by atoms with Gasteiger partial charge < -0.3 is 25.0 Å². The highest BCUT2D eigenvalue weighted by atomic mass is 16.5. The average molecular weight is 343 g/mol. The van der Waals surface area contributed by atoms with Gasteiger partial charge in [0.15, 0.2) is 5.96 Å². The molecule has 0 radical (unpaired) electrons. The van der Waals surface area contributed by atoms with E-state index in [9.17, 15) is 0 Å². The quantitative estimate of drug-likeness (QED) is 0.260. The van der Waals surface area contributed by atoms with Gasteiger partial charge in [0.1, 0.15) is 0 Å². The third-order valence-corrected chi connectivity index (χ3v) is 4.32. The Hall–Kier alpha value is -0.850. The van der Waals surface area contributed by atoms with E-state index in [0.717, 1.165) is 51.9 Å². The Bertz CT molecular complexity index is 318. The van der Waals surface area contributed by atoms with Crippen molar-refractivity contribution in [2.45, 2.75) is 51.6 Å². The third-order valence-electron chi connectivity index (χ3n) is 4.32. The maximum absolute atomic E-state index is 6.01. The van der Waals surface area contributed by atoms with Gasteiger partial charge in [-0.2, -0.15) is 0 Å². The van der Waals surface area contributed by atoms with Crippen molar-refractivity contribution in [1.29, 1.82) is 0 Å². The lowest BCUT2D eigenvalue weighted by Crippen LogP contribution is -2.40. The first kappa shape index (κ1) is 21.2. The van der Waals surface area contributed by atoms with Crippen molar-refractivity contribution >= 4 is 5.96 Å². The summed E-state index contributed by atoms with van der Waals surface area (Å²) in [4.78, 5) is 6.85. The van der Waals surface area contributed by atoms with Crippen LogP contribution in [-0.4, -0.2) is 77.1 Å². The summed E-state index contributed by atoms with van der Waals surface area (Å²) in [7, 11) is 3.83. The molecular weight excluding hydrogens is 304 g/mol. The molecule has 142 valence electrons. The molecule has 2 N–H and O–H groups in total. The molecule has 0 aromatic carbocycles. The Labute approximate surface area is 148 Å². The molecule has 1 rings (SSSR count). The molecule has 1 saturated carbocycles. The molecular formula is C18H38N4O2. The van der Waals surface area contributed by atoms with E-state index in [1.165, 1.54) is 38.5 Å². The van der Waals surface area contributed by atoms with Gasteiger partial charge in [-0.3, -0.25) is 4.99 Å². The number of nitrogens with zero attached hydrogens (tertiary/aromatic N) is 2. The summed E-state index contributed by atoms with van der Waals surface area (Å²) in [5, 5.41) is 6.65. The normalized spacial score (nSPS) is 17.1. The van der Waals surface area contributed by atoms with Crippen molar-refractivity contribution < 1.29 is 9.47 Å². The van der Waals surface area contributed by atoms with Gasteiger partial charge in [0, 0.05) is 33.3 Å². The second-order valence-electron chi connectivity index (χ2n) is 6.47. The van der Waals surface area contributed by atoms with E-state index in [2.05, 4.69) is 34.5 Å². The molecule has 1 aliphatic carbocycles. The van der Waals surface area contributed by atoms with Crippen molar-refractivity contribution in [3.8, 4) is 0 Å². The van der Waals surface area contributed by atoms with Gasteiger partial charge in [0.05, 0.1) is 25.9 Å². The molecule has 0 spiro atoms. The number of methoxy groups -OCH3 is 1. The maximum Gasteiger partial charge on any atom is 0.191 e. The highest BCUT2D eigenvalue weighted by Gasteiger charge is 2.12. The smallest absolute Gasteiger partial charge is 0.191 e. The van der Waals surface area contributed by atoms with Crippen LogP contribution in [0.5, 0.6) is 0 Å². The largest absolute Gasteiger partial charge is 0.383 e. The van der Waals surface area contributed by atoms with Crippen LogP contribution in [0.15, 0.2) is 4.99 Å². The van der Waals surface area contributed by atoms with Gasteiger partial charge in [0.2, 0.25) is 0 Å². The first-order valence-corrected chi connectivity index (χ1v) is 9.57. The van der Waals surface area contributed by atoms with Crippen molar-refractivity contribution in [1.82, 2.24) is 15.5 Å². The lowest BCUT2D eigenvalue weighted by molar-refractivity contribution is 0.0468. The summed E-state index contributed by atoms with van der Waals surface area (Å²) in [5.74, 6) is 0.877. The average Bonchev–Trinajstić information content (AvgIpc) is 2.85. The lowest BCUT2D eigenvalue weighted by Gasteiger charge is -2.17. The fourth-order valence-electron chi connectivity index (χ4n) is 2.84. The Morgan fingerprint density at radius 2 is 1.83 bits per heavy atom. The van der Waals surface area contributed by atoms with E-state index in [1.807, 2.05) is 0 Å². The van der Waals surface area contributed by atoms with Crippen molar-refractivity contribution in [2.24, 2.45) is 4.99 Å². The highest BCUT2D eigenvalue weighted by molar-refractivity contribution is 5.79. The Morgan fingerprint density at radius 3 is 2.50 bits per heavy atom. The van der Waals surface area contributed by atoms with Crippen LogP contribution < -0.4 is 10.6 Å². The van der Waals surface area contributed by atoms with Gasteiger partial charge >= 0.3 is 0 Å². The number of hydrogen-bond donors (Lipinski definition) is 2. The summed E-state index contributed by atoms with van der Waals surface area (Å²) < 4.78 is 11.1. The SMILES string of the molecule is CCNC(=NCCN(C)CCOC)NCCOC1CCCCCC1. The number of rotatable bonds is 11. The monoisotopic (exact) mass is 342 g/mol. The molecule has 0 aromatic heterocycles. The van der Waals surface area contributed by atoms with Crippen LogP contribution >= 0.6 is 0 Å². The van der Waals surface area contributed by atoms with Crippen molar-refractivity contribution in [3.05, 3.63) is 0 Å². The zero-order valence-corrected chi connectivity index (χ0v) is 16.0. The Balaban J connectivity index is 2.17. The van der Waals surface area contributed by atoms with Crippen LogP contribution in [-0.2, 0) is 9.47 Å². The summed E-state index contributed by atoms with van der Waals surface area (Å²) in [6.45, 7) is 7.92. The fraction of sp³-hybridized carbons (Fsp3) is 0.944. The molecule has 0 aromatic rings. The number of aliphatic imine (C=N–C) groups is 1. The second kappa shape index (κ2) is 14.5. The van der Waals surface area contributed by atoms with E-state index < -0.39 is 0 Å². The number of likely N-dealkylation sites (N-methyl/N-ethyl adjacent to an activating group) is 1. The van der Waals surface area contributed by atoms with E-state index in [1.54, 1.807) is 7.11 Å². The van der Waals surface area contributed by atoms with Crippen LogP contribution in [0.4, 0.5) is 0 Å². The van der Waals surface area contributed by atoms with Gasteiger partial charge in [-0.05, 0) is 26.8 Å². The van der Waals surface area contributed by atoms with Crippen LogP contribution in [0.2, 0.25) is 0 Å². The van der Waals surface area contributed by atoms with E-state index in [-0.39, 0.29) is 0 Å². The number of nitrogens with one attached hydrogen (secondary N) is 2. The zero-order chi connectivity index (χ0) is 17.5. The zero-order valence-electron chi connectivity index (χ0n) is 16.0. The molecule has 0 unspecified atom stereocenters. The van der Waals surface area contributed by atoms with Crippen LogP contribution in [0.1, 0.15) is 45.4 Å². The molecule has 6 nitrogen and oxygen atoms in total. The van der Waals surface area contributed by atoms with Crippen LogP contribution in [0, 0.1) is 0 Å². The molecule has 0 heterocycles.